The van der Waals surface area contributed by atoms with Gasteiger partial charge in [-0.05, 0) is 43.5 Å². The Morgan fingerprint density at radius 2 is 1.97 bits per heavy atom. The molecule has 1 amide bonds. The van der Waals surface area contributed by atoms with E-state index in [9.17, 15) is 4.79 Å². The van der Waals surface area contributed by atoms with E-state index in [1.54, 1.807) is 14.0 Å². The predicted octanol–water partition coefficient (Wildman–Crippen LogP) is 4.07. The second kappa shape index (κ2) is 12.1. The van der Waals surface area contributed by atoms with Crippen molar-refractivity contribution in [2.24, 2.45) is 22.4 Å². The molecule has 0 radical (unpaired) electrons. The first-order chi connectivity index (χ1) is 13.7. The van der Waals surface area contributed by atoms with Crippen LogP contribution in [0.5, 0.6) is 0 Å². The number of amides is 1. The van der Waals surface area contributed by atoms with Gasteiger partial charge in [0.05, 0.1) is 11.3 Å². The maximum absolute atomic E-state index is 11.7. The highest BCUT2D eigenvalue weighted by molar-refractivity contribution is 6.28. The minimum atomic E-state index is -0.589. The van der Waals surface area contributed by atoms with Crippen LogP contribution in [0, 0.1) is 5.92 Å². The molecule has 0 saturated carbocycles. The number of nitrogens with two attached hydrogens (primary N) is 2. The number of anilines is 1. The van der Waals surface area contributed by atoms with Gasteiger partial charge < -0.3 is 21.5 Å². The van der Waals surface area contributed by atoms with E-state index < -0.39 is 5.91 Å². The van der Waals surface area contributed by atoms with Gasteiger partial charge in [-0.2, -0.15) is 0 Å². The number of primary amides is 1. The summed E-state index contributed by atoms with van der Waals surface area (Å²) < 4.78 is 5.53. The van der Waals surface area contributed by atoms with Crippen LogP contribution in [0.3, 0.4) is 0 Å². The molecule has 0 fully saturated rings. The third-order valence-corrected chi connectivity index (χ3v) is 4.39. The van der Waals surface area contributed by atoms with Gasteiger partial charge >= 0.3 is 0 Å². The van der Waals surface area contributed by atoms with E-state index in [1.165, 1.54) is 12.8 Å². The molecule has 5 N–H and O–H groups in total. The van der Waals surface area contributed by atoms with E-state index in [4.69, 9.17) is 16.2 Å². The van der Waals surface area contributed by atoms with Crippen molar-refractivity contribution in [2.75, 3.05) is 19.0 Å². The Kier molecular flexibility index (Phi) is 10.2. The number of rotatable bonds is 7. The van der Waals surface area contributed by atoms with Crippen molar-refractivity contribution in [2.45, 2.75) is 53.7 Å². The van der Waals surface area contributed by atoms with Crippen LogP contribution in [0.1, 0.15) is 58.6 Å². The summed E-state index contributed by atoms with van der Waals surface area (Å²) >= 11 is 0. The lowest BCUT2D eigenvalue weighted by molar-refractivity contribution is -0.114. The number of carbonyl (C=O) groups is 1. The standard InChI is InChI=1S/C17H22N4O2.C6H14/c1-4-23-14-8-6-11-9-12(5-7-13(11)21-14)16(20-3)15(10(2)18)17(19)22;1-4-5-6(2)3/h5-9,14,21H,4,18H2,1-3H3,(H2,19,22);6H,4-5H2,1-3H3/b15-10-,20-16?;. The zero-order valence-electron chi connectivity index (χ0n) is 18.6. The average molecular weight is 401 g/mol. The zero-order valence-corrected chi connectivity index (χ0v) is 18.6. The molecule has 0 aromatic heterocycles. The fourth-order valence-electron chi connectivity index (χ4n) is 3.11. The Balaban J connectivity index is 0.000000612. The molecule has 0 saturated heterocycles. The Labute approximate surface area is 175 Å². The van der Waals surface area contributed by atoms with Crippen molar-refractivity contribution >= 4 is 23.4 Å². The third-order valence-electron chi connectivity index (χ3n) is 4.39. The Morgan fingerprint density at radius 1 is 1.28 bits per heavy atom. The molecule has 1 aliphatic heterocycles. The lowest BCUT2D eigenvalue weighted by Crippen LogP contribution is -2.26. The van der Waals surface area contributed by atoms with Crippen molar-refractivity contribution in [1.82, 2.24) is 0 Å². The summed E-state index contributed by atoms with van der Waals surface area (Å²) in [7, 11) is 1.61. The van der Waals surface area contributed by atoms with Crippen molar-refractivity contribution in [1.29, 1.82) is 0 Å². The van der Waals surface area contributed by atoms with Gasteiger partial charge in [-0.1, -0.05) is 45.8 Å². The number of fused-ring (bicyclic) bond motifs is 1. The van der Waals surface area contributed by atoms with Gasteiger partial charge in [0.25, 0.3) is 5.91 Å². The summed E-state index contributed by atoms with van der Waals surface area (Å²) in [5.41, 5.74) is 15.0. The van der Waals surface area contributed by atoms with Gasteiger partial charge in [0, 0.05) is 30.6 Å². The number of allylic oxidation sites excluding steroid dienone is 1. The lowest BCUT2D eigenvalue weighted by atomic mass is 9.96. The molecule has 1 aromatic rings. The molecule has 1 unspecified atom stereocenters. The molecule has 160 valence electrons. The van der Waals surface area contributed by atoms with Gasteiger partial charge in [0.2, 0.25) is 0 Å². The number of hydrogen-bond acceptors (Lipinski definition) is 5. The van der Waals surface area contributed by atoms with Crippen molar-refractivity contribution in [3.05, 3.63) is 46.7 Å². The summed E-state index contributed by atoms with van der Waals surface area (Å²) in [5.74, 6) is 0.309. The third kappa shape index (κ3) is 7.38. The highest BCUT2D eigenvalue weighted by Gasteiger charge is 2.19. The molecule has 0 bridgehead atoms. The highest BCUT2D eigenvalue weighted by Crippen LogP contribution is 2.26. The minimum Gasteiger partial charge on any atom is -0.402 e. The summed E-state index contributed by atoms with van der Waals surface area (Å²) in [6.07, 6.45) is 6.49. The average Bonchev–Trinajstić information content (AvgIpc) is 2.65. The quantitative estimate of drug-likeness (QED) is 0.474. The fraction of sp³-hybridized carbons (Fsp3) is 0.478. The number of nitrogens with one attached hydrogen (secondary N) is 1. The molecule has 1 aromatic carbocycles. The normalized spacial score (nSPS) is 16.4. The first-order valence-electron chi connectivity index (χ1n) is 10.2. The van der Waals surface area contributed by atoms with Crippen LogP contribution in [0.4, 0.5) is 5.69 Å². The van der Waals surface area contributed by atoms with Crippen molar-refractivity contribution in [3.8, 4) is 0 Å². The molecular formula is C23H36N4O2. The van der Waals surface area contributed by atoms with Crippen LogP contribution in [-0.2, 0) is 9.53 Å². The van der Waals surface area contributed by atoms with Gasteiger partial charge in [-0.25, -0.2) is 0 Å². The van der Waals surface area contributed by atoms with Gasteiger partial charge in [0.1, 0.15) is 6.23 Å². The predicted molar refractivity (Wildman–Crippen MR) is 123 cm³/mol. The molecule has 29 heavy (non-hydrogen) atoms. The van der Waals surface area contributed by atoms with Crippen LogP contribution in [-0.4, -0.2) is 31.5 Å². The lowest BCUT2D eigenvalue weighted by Gasteiger charge is -2.22. The Bertz CT molecular complexity index is 775. The van der Waals surface area contributed by atoms with Gasteiger partial charge in [-0.3, -0.25) is 9.79 Å². The Hall–Kier alpha value is -2.60. The van der Waals surface area contributed by atoms with Gasteiger partial charge in [-0.15, -0.1) is 0 Å². The van der Waals surface area contributed by atoms with Crippen LogP contribution >= 0.6 is 0 Å². The van der Waals surface area contributed by atoms with Crippen LogP contribution in [0.2, 0.25) is 0 Å². The summed E-state index contributed by atoms with van der Waals surface area (Å²) in [5, 5.41) is 3.28. The summed E-state index contributed by atoms with van der Waals surface area (Å²) in [6.45, 7) is 10.9. The zero-order chi connectivity index (χ0) is 22.0. The summed E-state index contributed by atoms with van der Waals surface area (Å²) in [4.78, 5) is 15.9. The number of nitrogens with zero attached hydrogens (tertiary/aromatic N) is 1. The number of benzene rings is 1. The van der Waals surface area contributed by atoms with Crippen LogP contribution < -0.4 is 16.8 Å². The topological polar surface area (TPSA) is 103 Å². The summed E-state index contributed by atoms with van der Waals surface area (Å²) in [6, 6.07) is 5.74. The number of ether oxygens (including phenoxy) is 1. The second-order valence-electron chi connectivity index (χ2n) is 7.36. The van der Waals surface area contributed by atoms with E-state index in [-0.39, 0.29) is 11.8 Å². The molecule has 1 aliphatic rings. The van der Waals surface area contributed by atoms with E-state index in [2.05, 4.69) is 31.1 Å². The van der Waals surface area contributed by atoms with E-state index in [1.807, 2.05) is 37.3 Å². The van der Waals surface area contributed by atoms with Crippen molar-refractivity contribution < 1.29 is 9.53 Å². The van der Waals surface area contributed by atoms with E-state index in [0.717, 1.165) is 22.7 Å². The van der Waals surface area contributed by atoms with E-state index >= 15 is 0 Å². The van der Waals surface area contributed by atoms with Gasteiger partial charge in [0.15, 0.2) is 0 Å². The smallest absolute Gasteiger partial charge is 0.252 e. The largest absolute Gasteiger partial charge is 0.402 e. The SMILES string of the molecule is CCCC(C)C.CCOC1C=Cc2cc(C(=NC)/C(C(N)=O)=C(\C)N)ccc2N1. The fourth-order valence-corrected chi connectivity index (χ4v) is 3.11. The van der Waals surface area contributed by atoms with Crippen LogP contribution in [0.15, 0.2) is 40.5 Å². The monoisotopic (exact) mass is 400 g/mol. The molecular weight excluding hydrogens is 364 g/mol. The first-order valence-corrected chi connectivity index (χ1v) is 10.2. The molecule has 2 rings (SSSR count). The maximum atomic E-state index is 11.7. The first kappa shape index (κ1) is 24.4. The van der Waals surface area contributed by atoms with E-state index in [0.29, 0.717) is 18.0 Å². The number of carbonyl (C=O) groups excluding carboxylic acids is 1. The van der Waals surface area contributed by atoms with Crippen LogP contribution in [0.25, 0.3) is 6.08 Å². The van der Waals surface area contributed by atoms with Crippen molar-refractivity contribution in [3.63, 3.8) is 0 Å². The number of hydrogen-bond donors (Lipinski definition) is 3. The molecule has 6 heteroatoms. The maximum Gasteiger partial charge on any atom is 0.252 e. The Morgan fingerprint density at radius 3 is 2.41 bits per heavy atom. The minimum absolute atomic E-state index is 0.134. The molecule has 1 heterocycles. The highest BCUT2D eigenvalue weighted by atomic mass is 16.5. The molecule has 1 atom stereocenters. The molecule has 0 spiro atoms. The second-order valence-corrected chi connectivity index (χ2v) is 7.36. The number of aliphatic imine (C=N–C) groups is 1. The molecule has 6 nitrogen and oxygen atoms in total. The molecule has 0 aliphatic carbocycles.